The van der Waals surface area contributed by atoms with Gasteiger partial charge in [-0.05, 0) is 35.7 Å². The van der Waals surface area contributed by atoms with Crippen LogP contribution < -0.4 is 5.32 Å². The SMILES string of the molecule is COC(=O)c1cc2cc(NC(c3ccc(F)cc3)C(C)C)cnc2cc1O. The molecule has 0 saturated carbocycles. The van der Waals surface area contributed by atoms with Gasteiger partial charge in [0.25, 0.3) is 0 Å². The topological polar surface area (TPSA) is 71.5 Å². The zero-order chi connectivity index (χ0) is 19.6. The maximum atomic E-state index is 13.2. The largest absolute Gasteiger partial charge is 0.507 e. The molecule has 3 aromatic rings. The second-order valence-electron chi connectivity index (χ2n) is 6.70. The van der Waals surface area contributed by atoms with E-state index in [4.69, 9.17) is 4.74 Å². The first kappa shape index (κ1) is 18.6. The number of pyridine rings is 1. The van der Waals surface area contributed by atoms with Gasteiger partial charge >= 0.3 is 5.97 Å². The number of hydrogen-bond donors (Lipinski definition) is 2. The molecule has 1 unspecified atom stereocenters. The molecule has 1 aromatic heterocycles. The van der Waals surface area contributed by atoms with Crippen molar-refractivity contribution in [2.24, 2.45) is 5.92 Å². The van der Waals surface area contributed by atoms with Crippen molar-refractivity contribution in [2.45, 2.75) is 19.9 Å². The number of aromatic nitrogens is 1. The van der Waals surface area contributed by atoms with E-state index in [9.17, 15) is 14.3 Å². The zero-order valence-corrected chi connectivity index (χ0v) is 15.4. The minimum absolute atomic E-state index is 0.0398. The number of carbonyl (C=O) groups is 1. The normalized spacial score (nSPS) is 12.2. The van der Waals surface area contributed by atoms with Crippen LogP contribution in [-0.4, -0.2) is 23.2 Å². The number of esters is 1. The number of fused-ring (bicyclic) bond motifs is 1. The van der Waals surface area contributed by atoms with E-state index in [1.807, 2.05) is 6.07 Å². The van der Waals surface area contributed by atoms with Crippen molar-refractivity contribution in [3.63, 3.8) is 0 Å². The van der Waals surface area contributed by atoms with Crippen LogP contribution in [0.15, 0.2) is 48.7 Å². The summed E-state index contributed by atoms with van der Waals surface area (Å²) in [6, 6.07) is 11.2. The molecule has 0 fully saturated rings. The second-order valence-corrected chi connectivity index (χ2v) is 6.70. The highest BCUT2D eigenvalue weighted by atomic mass is 19.1. The maximum Gasteiger partial charge on any atom is 0.341 e. The van der Waals surface area contributed by atoms with Crippen molar-refractivity contribution >= 4 is 22.6 Å². The van der Waals surface area contributed by atoms with Crippen LogP contribution in [0.3, 0.4) is 0 Å². The fourth-order valence-corrected chi connectivity index (χ4v) is 3.00. The maximum absolute atomic E-state index is 13.2. The number of rotatable bonds is 5. The van der Waals surface area contributed by atoms with Gasteiger partial charge in [0, 0.05) is 11.5 Å². The summed E-state index contributed by atoms with van der Waals surface area (Å²) in [5.74, 6) is -0.812. The van der Waals surface area contributed by atoms with Crippen LogP contribution in [0.2, 0.25) is 0 Å². The van der Waals surface area contributed by atoms with Gasteiger partial charge < -0.3 is 15.2 Å². The van der Waals surface area contributed by atoms with E-state index in [1.54, 1.807) is 24.4 Å². The van der Waals surface area contributed by atoms with E-state index in [2.05, 4.69) is 24.1 Å². The van der Waals surface area contributed by atoms with Crippen LogP contribution in [0.1, 0.15) is 35.8 Å². The number of hydrogen-bond acceptors (Lipinski definition) is 5. The molecule has 0 aliphatic carbocycles. The van der Waals surface area contributed by atoms with Crippen LogP contribution in [0.4, 0.5) is 10.1 Å². The van der Waals surface area contributed by atoms with E-state index in [1.165, 1.54) is 25.3 Å². The van der Waals surface area contributed by atoms with Gasteiger partial charge in [-0.2, -0.15) is 0 Å². The van der Waals surface area contributed by atoms with Gasteiger partial charge in [0.15, 0.2) is 0 Å². The Morgan fingerprint density at radius 3 is 2.52 bits per heavy atom. The first-order valence-corrected chi connectivity index (χ1v) is 8.62. The van der Waals surface area contributed by atoms with Gasteiger partial charge in [-0.1, -0.05) is 26.0 Å². The van der Waals surface area contributed by atoms with Crippen molar-refractivity contribution in [2.75, 3.05) is 12.4 Å². The molecule has 0 radical (unpaired) electrons. The van der Waals surface area contributed by atoms with E-state index in [0.717, 1.165) is 11.3 Å². The predicted octanol–water partition coefficient (Wildman–Crippen LogP) is 4.68. The summed E-state index contributed by atoms with van der Waals surface area (Å²) >= 11 is 0. The molecule has 140 valence electrons. The van der Waals surface area contributed by atoms with Crippen molar-refractivity contribution in [1.82, 2.24) is 4.98 Å². The molecule has 2 N–H and O–H groups in total. The average molecular weight is 368 g/mol. The molecular weight excluding hydrogens is 347 g/mol. The van der Waals surface area contributed by atoms with E-state index < -0.39 is 5.97 Å². The number of carbonyl (C=O) groups excluding carboxylic acids is 1. The van der Waals surface area contributed by atoms with Crippen LogP contribution >= 0.6 is 0 Å². The summed E-state index contributed by atoms with van der Waals surface area (Å²) in [5, 5.41) is 14.1. The first-order valence-electron chi connectivity index (χ1n) is 8.62. The molecule has 1 heterocycles. The third-order valence-electron chi connectivity index (χ3n) is 4.42. The third-order valence-corrected chi connectivity index (χ3v) is 4.42. The second kappa shape index (κ2) is 7.61. The number of methoxy groups -OCH3 is 1. The molecule has 5 nitrogen and oxygen atoms in total. The number of benzene rings is 2. The van der Waals surface area contributed by atoms with Crippen LogP contribution in [0.5, 0.6) is 5.75 Å². The lowest BCUT2D eigenvalue weighted by Gasteiger charge is -2.24. The monoisotopic (exact) mass is 368 g/mol. The van der Waals surface area contributed by atoms with Gasteiger partial charge in [0.2, 0.25) is 0 Å². The summed E-state index contributed by atoms with van der Waals surface area (Å²) in [6.45, 7) is 4.14. The van der Waals surface area contributed by atoms with E-state index in [0.29, 0.717) is 10.9 Å². The highest BCUT2D eigenvalue weighted by Gasteiger charge is 2.17. The van der Waals surface area contributed by atoms with Crippen LogP contribution in [0.25, 0.3) is 10.9 Å². The smallest absolute Gasteiger partial charge is 0.341 e. The number of ether oxygens (including phenoxy) is 1. The fraction of sp³-hybridized carbons (Fsp3) is 0.238. The van der Waals surface area contributed by atoms with Crippen molar-refractivity contribution in [3.05, 3.63) is 65.6 Å². The summed E-state index contributed by atoms with van der Waals surface area (Å²) in [6.07, 6.45) is 1.67. The molecule has 0 saturated heterocycles. The summed E-state index contributed by atoms with van der Waals surface area (Å²) in [4.78, 5) is 16.1. The number of phenols is 1. The molecule has 1 atom stereocenters. The Labute approximate surface area is 156 Å². The van der Waals surface area contributed by atoms with Gasteiger partial charge in [-0.3, -0.25) is 4.98 Å². The predicted molar refractivity (Wildman–Crippen MR) is 102 cm³/mol. The molecule has 2 aromatic carbocycles. The van der Waals surface area contributed by atoms with E-state index >= 15 is 0 Å². The lowest BCUT2D eigenvalue weighted by Crippen LogP contribution is -2.17. The number of nitrogens with one attached hydrogen (secondary N) is 1. The van der Waals surface area contributed by atoms with Gasteiger partial charge in [0.1, 0.15) is 17.1 Å². The molecule has 27 heavy (non-hydrogen) atoms. The molecule has 6 heteroatoms. The minimum atomic E-state index is -0.612. The fourth-order valence-electron chi connectivity index (χ4n) is 3.00. The molecule has 0 spiro atoms. The molecule has 0 aliphatic rings. The number of halogens is 1. The van der Waals surface area contributed by atoms with Gasteiger partial charge in [0.05, 0.1) is 30.6 Å². The Hall–Kier alpha value is -3.15. The number of aromatic hydroxyl groups is 1. The van der Waals surface area contributed by atoms with Crippen molar-refractivity contribution in [1.29, 1.82) is 0 Å². The molecule has 3 rings (SSSR count). The van der Waals surface area contributed by atoms with Crippen LogP contribution in [-0.2, 0) is 4.74 Å². The molecule has 0 amide bonds. The summed E-state index contributed by atoms with van der Waals surface area (Å²) < 4.78 is 17.9. The standard InChI is InChI=1S/C21H21FN2O3/c1-12(2)20(13-4-6-15(22)7-5-13)24-16-8-14-9-17(21(26)27-3)19(25)10-18(14)23-11-16/h4-12,20,24-25H,1-3H3. The lowest BCUT2D eigenvalue weighted by atomic mass is 9.95. The minimum Gasteiger partial charge on any atom is -0.507 e. The Kier molecular flexibility index (Phi) is 5.26. The number of anilines is 1. The quantitative estimate of drug-likeness (QED) is 0.640. The Balaban J connectivity index is 1.96. The molecular formula is C21H21FN2O3. The Morgan fingerprint density at radius 2 is 1.89 bits per heavy atom. The Bertz CT molecular complexity index is 971. The van der Waals surface area contributed by atoms with Crippen molar-refractivity contribution in [3.8, 4) is 5.75 Å². The lowest BCUT2D eigenvalue weighted by molar-refractivity contribution is 0.0597. The third kappa shape index (κ3) is 4.00. The Morgan fingerprint density at radius 1 is 1.19 bits per heavy atom. The zero-order valence-electron chi connectivity index (χ0n) is 15.4. The highest BCUT2D eigenvalue weighted by molar-refractivity contribution is 5.98. The molecule has 0 aliphatic heterocycles. The van der Waals surface area contributed by atoms with Crippen molar-refractivity contribution < 1.29 is 19.0 Å². The van der Waals surface area contributed by atoms with Crippen LogP contribution in [0, 0.1) is 11.7 Å². The average Bonchev–Trinajstić information content (AvgIpc) is 2.65. The summed E-state index contributed by atoms with van der Waals surface area (Å²) in [7, 11) is 1.26. The number of phenolic OH excluding ortho intramolecular Hbond substituents is 1. The van der Waals surface area contributed by atoms with Gasteiger partial charge in [-0.15, -0.1) is 0 Å². The number of nitrogens with zero attached hydrogens (tertiary/aromatic N) is 1. The van der Waals surface area contributed by atoms with E-state index in [-0.39, 0.29) is 29.1 Å². The van der Waals surface area contributed by atoms with Gasteiger partial charge in [-0.25, -0.2) is 9.18 Å². The summed E-state index contributed by atoms with van der Waals surface area (Å²) in [5.41, 5.74) is 2.37. The first-order chi connectivity index (χ1) is 12.9. The molecule has 0 bridgehead atoms. The highest BCUT2D eigenvalue weighted by Crippen LogP contribution is 2.30.